The summed E-state index contributed by atoms with van der Waals surface area (Å²) in [6.07, 6.45) is 2.60. The Morgan fingerprint density at radius 2 is 1.77 bits per heavy atom. The highest BCUT2D eigenvalue weighted by Crippen LogP contribution is 2.25. The minimum Gasteiger partial charge on any atom is -0.497 e. The van der Waals surface area contributed by atoms with E-state index < -0.39 is 10.0 Å². The monoisotopic (exact) mass is 497 g/mol. The summed E-state index contributed by atoms with van der Waals surface area (Å²) < 4.78 is 33.0. The van der Waals surface area contributed by atoms with Crippen LogP contribution in [-0.4, -0.2) is 73.6 Å². The second kappa shape index (κ2) is 11.5. The summed E-state index contributed by atoms with van der Waals surface area (Å²) in [6.45, 7) is 2.97. The number of H-pyrrole nitrogens is 1. The summed E-state index contributed by atoms with van der Waals surface area (Å²) in [7, 11) is -2.04. The van der Waals surface area contributed by atoms with Gasteiger partial charge in [-0.15, -0.1) is 0 Å². The number of amides is 1. The summed E-state index contributed by atoms with van der Waals surface area (Å²) in [5.74, 6) is 0.634. The molecule has 0 bridgehead atoms. The molecule has 1 fully saturated rings. The smallest absolute Gasteiger partial charge is 0.243 e. The first-order valence-corrected chi connectivity index (χ1v) is 13.1. The molecule has 4 rings (SSSR count). The third-order valence-electron chi connectivity index (χ3n) is 6.09. The van der Waals surface area contributed by atoms with Gasteiger partial charge in [0, 0.05) is 50.3 Å². The van der Waals surface area contributed by atoms with E-state index in [0.29, 0.717) is 39.1 Å². The number of ether oxygens (including phenoxy) is 1. The molecule has 35 heavy (non-hydrogen) atoms. The fraction of sp³-hybridized carbons (Fsp3) is 0.360. The van der Waals surface area contributed by atoms with Crippen molar-refractivity contribution in [1.82, 2.24) is 24.7 Å². The van der Waals surface area contributed by atoms with Gasteiger partial charge in [-0.3, -0.25) is 14.8 Å². The van der Waals surface area contributed by atoms with Crippen LogP contribution in [0, 0.1) is 0 Å². The van der Waals surface area contributed by atoms with Crippen LogP contribution in [0.2, 0.25) is 0 Å². The lowest BCUT2D eigenvalue weighted by Crippen LogP contribution is -2.36. The number of nitrogens with zero attached hydrogens (tertiary/aromatic N) is 3. The molecule has 0 saturated carbocycles. The minimum atomic E-state index is -3.67. The maximum Gasteiger partial charge on any atom is 0.243 e. The van der Waals surface area contributed by atoms with Gasteiger partial charge in [-0.05, 0) is 49.4 Å². The Morgan fingerprint density at radius 1 is 1.00 bits per heavy atom. The molecular formula is C25H31N5O4S. The molecular weight excluding hydrogens is 466 g/mol. The second-order valence-corrected chi connectivity index (χ2v) is 10.4. The molecule has 0 aliphatic carbocycles. The molecule has 0 atom stereocenters. The van der Waals surface area contributed by atoms with Gasteiger partial charge in [0.2, 0.25) is 15.9 Å². The summed E-state index contributed by atoms with van der Waals surface area (Å²) in [5, 5.41) is 10.3. The molecule has 0 spiro atoms. The molecule has 10 heteroatoms. The van der Waals surface area contributed by atoms with Crippen LogP contribution in [0.25, 0.3) is 11.3 Å². The topological polar surface area (TPSA) is 108 Å². The first-order valence-electron chi connectivity index (χ1n) is 11.7. The predicted octanol–water partition coefficient (Wildman–Crippen LogP) is 2.49. The highest BCUT2D eigenvalue weighted by atomic mass is 32.2. The van der Waals surface area contributed by atoms with Crippen molar-refractivity contribution in [2.75, 3.05) is 39.8 Å². The average Bonchev–Trinajstić information content (AvgIpc) is 3.32. The first-order chi connectivity index (χ1) is 17.0. The van der Waals surface area contributed by atoms with Crippen LogP contribution in [0.5, 0.6) is 5.75 Å². The van der Waals surface area contributed by atoms with Gasteiger partial charge in [-0.2, -0.15) is 9.40 Å². The molecule has 2 N–H and O–H groups in total. The molecule has 0 unspecified atom stereocenters. The van der Waals surface area contributed by atoms with Crippen LogP contribution < -0.4 is 10.1 Å². The van der Waals surface area contributed by atoms with Gasteiger partial charge in [0.15, 0.2) is 0 Å². The SMILES string of the molecule is COc1ccc(-c2[nH]ncc2CN2CCCN(S(=O)(=O)c3ccccc3)CCC(=O)NCC2)cc1. The number of aromatic nitrogens is 2. The quantitative estimate of drug-likeness (QED) is 0.542. The van der Waals surface area contributed by atoms with Crippen LogP contribution in [0.1, 0.15) is 18.4 Å². The molecule has 1 aliphatic heterocycles. The Balaban J connectivity index is 1.48. The lowest BCUT2D eigenvalue weighted by Gasteiger charge is -2.24. The van der Waals surface area contributed by atoms with Crippen molar-refractivity contribution in [2.45, 2.75) is 24.3 Å². The standard InChI is InChI=1S/C25H31N5O4S/c1-34-22-10-8-20(9-11-22)25-21(18-27-28-25)19-29-14-5-15-30(16-12-24(31)26-13-17-29)35(32,33)23-6-3-2-4-7-23/h2-4,6-11,18H,5,12-17,19H2,1H3,(H,26,31)(H,27,28). The number of hydrogen-bond donors (Lipinski definition) is 2. The molecule has 0 radical (unpaired) electrons. The van der Waals surface area contributed by atoms with Crippen molar-refractivity contribution in [3.8, 4) is 17.0 Å². The average molecular weight is 498 g/mol. The van der Waals surface area contributed by atoms with Crippen molar-refractivity contribution in [3.63, 3.8) is 0 Å². The van der Waals surface area contributed by atoms with Crippen molar-refractivity contribution in [3.05, 3.63) is 66.4 Å². The molecule has 1 saturated heterocycles. The number of rotatable bonds is 6. The number of benzene rings is 2. The van der Waals surface area contributed by atoms with E-state index in [0.717, 1.165) is 22.6 Å². The third kappa shape index (κ3) is 6.27. The van der Waals surface area contributed by atoms with E-state index in [4.69, 9.17) is 4.74 Å². The van der Waals surface area contributed by atoms with Crippen LogP contribution in [0.15, 0.2) is 65.7 Å². The number of sulfonamides is 1. The Bertz CT molecular complexity index is 1210. The fourth-order valence-corrected chi connectivity index (χ4v) is 5.68. The van der Waals surface area contributed by atoms with Crippen LogP contribution in [0.4, 0.5) is 0 Å². The van der Waals surface area contributed by atoms with E-state index in [2.05, 4.69) is 20.4 Å². The Morgan fingerprint density at radius 3 is 2.51 bits per heavy atom. The van der Waals surface area contributed by atoms with Crippen molar-refractivity contribution < 1.29 is 17.9 Å². The summed E-state index contributed by atoms with van der Waals surface area (Å²) >= 11 is 0. The van der Waals surface area contributed by atoms with Gasteiger partial charge in [-0.1, -0.05) is 18.2 Å². The van der Waals surface area contributed by atoms with Crippen molar-refractivity contribution >= 4 is 15.9 Å². The molecule has 2 aromatic carbocycles. The lowest BCUT2D eigenvalue weighted by atomic mass is 10.1. The third-order valence-corrected chi connectivity index (χ3v) is 8.00. The number of carbonyl (C=O) groups excluding carboxylic acids is 1. The zero-order valence-corrected chi connectivity index (χ0v) is 20.6. The van der Waals surface area contributed by atoms with E-state index in [1.165, 1.54) is 4.31 Å². The van der Waals surface area contributed by atoms with E-state index >= 15 is 0 Å². The van der Waals surface area contributed by atoms with Crippen LogP contribution >= 0.6 is 0 Å². The highest BCUT2D eigenvalue weighted by Gasteiger charge is 2.25. The predicted molar refractivity (Wildman–Crippen MR) is 133 cm³/mol. The maximum absolute atomic E-state index is 13.2. The Labute approximate surface area is 206 Å². The van der Waals surface area contributed by atoms with E-state index in [-0.39, 0.29) is 23.8 Å². The van der Waals surface area contributed by atoms with Gasteiger partial charge in [-0.25, -0.2) is 8.42 Å². The van der Waals surface area contributed by atoms with E-state index in [9.17, 15) is 13.2 Å². The summed E-state index contributed by atoms with van der Waals surface area (Å²) in [6, 6.07) is 16.2. The zero-order valence-electron chi connectivity index (χ0n) is 19.8. The zero-order chi connectivity index (χ0) is 24.7. The highest BCUT2D eigenvalue weighted by molar-refractivity contribution is 7.89. The van der Waals surface area contributed by atoms with Crippen LogP contribution in [-0.2, 0) is 21.4 Å². The van der Waals surface area contributed by atoms with Gasteiger partial charge in [0.1, 0.15) is 5.75 Å². The Hall–Kier alpha value is -3.21. The number of aromatic amines is 1. The van der Waals surface area contributed by atoms with Gasteiger partial charge in [0.25, 0.3) is 0 Å². The molecule has 1 amide bonds. The number of carbonyl (C=O) groups is 1. The summed E-state index contributed by atoms with van der Waals surface area (Å²) in [5.41, 5.74) is 2.97. The number of hydrogen-bond acceptors (Lipinski definition) is 6. The first kappa shape index (κ1) is 24.9. The molecule has 1 aliphatic rings. The van der Waals surface area contributed by atoms with Gasteiger partial charge < -0.3 is 10.1 Å². The van der Waals surface area contributed by atoms with E-state index in [1.807, 2.05) is 30.5 Å². The van der Waals surface area contributed by atoms with Crippen molar-refractivity contribution in [1.29, 1.82) is 0 Å². The molecule has 9 nitrogen and oxygen atoms in total. The number of nitrogens with one attached hydrogen (secondary N) is 2. The van der Waals surface area contributed by atoms with Gasteiger partial charge in [0.05, 0.1) is 23.9 Å². The molecule has 1 aromatic heterocycles. The maximum atomic E-state index is 13.2. The minimum absolute atomic E-state index is 0.134. The Kier molecular flexibility index (Phi) is 8.17. The molecule has 186 valence electrons. The lowest BCUT2D eigenvalue weighted by molar-refractivity contribution is -0.121. The molecule has 3 aromatic rings. The molecule has 2 heterocycles. The second-order valence-electron chi connectivity index (χ2n) is 8.45. The van der Waals surface area contributed by atoms with Crippen LogP contribution in [0.3, 0.4) is 0 Å². The largest absolute Gasteiger partial charge is 0.497 e. The van der Waals surface area contributed by atoms with E-state index in [1.54, 1.807) is 37.4 Å². The normalized spacial score (nSPS) is 16.9. The van der Waals surface area contributed by atoms with Gasteiger partial charge >= 0.3 is 0 Å². The van der Waals surface area contributed by atoms with Crippen molar-refractivity contribution in [2.24, 2.45) is 0 Å². The summed E-state index contributed by atoms with van der Waals surface area (Å²) in [4.78, 5) is 14.8. The fourth-order valence-electron chi connectivity index (χ4n) is 4.18. The number of methoxy groups -OCH3 is 1.